The lowest BCUT2D eigenvalue weighted by Crippen LogP contribution is -2.18. The van der Waals surface area contributed by atoms with Crippen LogP contribution >= 0.6 is 23.1 Å². The molecule has 3 aromatic carbocycles. The van der Waals surface area contributed by atoms with Crippen LogP contribution in [0.3, 0.4) is 0 Å². The van der Waals surface area contributed by atoms with Gasteiger partial charge in [0.2, 0.25) is 0 Å². The molecular formula is C22H19N3O4S2. The van der Waals surface area contributed by atoms with Gasteiger partial charge in [0.1, 0.15) is 5.75 Å². The summed E-state index contributed by atoms with van der Waals surface area (Å²) in [5.41, 5.74) is 1.21. The number of ether oxygens (including phenoxy) is 1. The fourth-order valence-electron chi connectivity index (χ4n) is 3.36. The summed E-state index contributed by atoms with van der Waals surface area (Å²) in [7, 11) is 1.53. The highest BCUT2D eigenvalue weighted by Crippen LogP contribution is 2.27. The molecule has 1 amide bonds. The SMILES string of the molecule is COc1cc2ccccc2cc1C(=O)N=c1sc2cc([N+](=O)[O-])ccc2n1CCSC. The molecule has 0 spiro atoms. The van der Waals surface area contributed by atoms with Crippen LogP contribution in [0.15, 0.2) is 59.6 Å². The van der Waals surface area contributed by atoms with Crippen LogP contribution in [0.4, 0.5) is 5.69 Å². The molecule has 4 aromatic rings. The molecule has 0 aliphatic heterocycles. The van der Waals surface area contributed by atoms with Crippen molar-refractivity contribution in [2.45, 2.75) is 6.54 Å². The van der Waals surface area contributed by atoms with Crippen molar-refractivity contribution >= 4 is 55.7 Å². The molecule has 0 saturated heterocycles. The van der Waals surface area contributed by atoms with Gasteiger partial charge < -0.3 is 9.30 Å². The van der Waals surface area contributed by atoms with Crippen LogP contribution in [0, 0.1) is 10.1 Å². The van der Waals surface area contributed by atoms with Crippen molar-refractivity contribution in [3.8, 4) is 5.75 Å². The molecule has 0 unspecified atom stereocenters. The minimum atomic E-state index is -0.423. The summed E-state index contributed by atoms with van der Waals surface area (Å²) in [5.74, 6) is 0.866. The van der Waals surface area contributed by atoms with Crippen LogP contribution in [0.5, 0.6) is 5.75 Å². The lowest BCUT2D eigenvalue weighted by atomic mass is 10.1. The highest BCUT2D eigenvalue weighted by atomic mass is 32.2. The molecule has 0 radical (unpaired) electrons. The van der Waals surface area contributed by atoms with E-state index in [9.17, 15) is 14.9 Å². The summed E-state index contributed by atoms with van der Waals surface area (Å²) in [4.78, 5) is 28.8. The summed E-state index contributed by atoms with van der Waals surface area (Å²) in [6.45, 7) is 0.639. The highest BCUT2D eigenvalue weighted by Gasteiger charge is 2.16. The van der Waals surface area contributed by atoms with E-state index in [-0.39, 0.29) is 5.69 Å². The Bertz CT molecular complexity index is 1370. The number of fused-ring (bicyclic) bond motifs is 2. The average molecular weight is 454 g/mol. The number of hydrogen-bond donors (Lipinski definition) is 0. The zero-order chi connectivity index (χ0) is 22.0. The number of nitro benzene ring substituents is 1. The lowest BCUT2D eigenvalue weighted by Gasteiger charge is -2.08. The van der Waals surface area contributed by atoms with Gasteiger partial charge in [-0.05, 0) is 35.2 Å². The van der Waals surface area contributed by atoms with Crippen molar-refractivity contribution < 1.29 is 14.5 Å². The van der Waals surface area contributed by atoms with Crippen LogP contribution in [0.25, 0.3) is 21.0 Å². The number of nitrogens with zero attached hydrogens (tertiary/aromatic N) is 3. The topological polar surface area (TPSA) is 86.7 Å². The number of thiazole rings is 1. The standard InChI is InChI=1S/C22H19N3O4S2/c1-29-19-12-15-6-4-3-5-14(15)11-17(19)21(26)23-22-24(9-10-30-2)18-8-7-16(25(27)28)13-20(18)31-22/h3-8,11-13H,9-10H2,1-2H3. The second-order valence-electron chi connectivity index (χ2n) is 6.75. The van der Waals surface area contributed by atoms with E-state index in [1.807, 2.05) is 41.2 Å². The van der Waals surface area contributed by atoms with Gasteiger partial charge in [-0.3, -0.25) is 14.9 Å². The van der Waals surface area contributed by atoms with Gasteiger partial charge in [-0.15, -0.1) is 0 Å². The lowest BCUT2D eigenvalue weighted by molar-refractivity contribution is -0.384. The van der Waals surface area contributed by atoms with E-state index in [1.54, 1.807) is 23.9 Å². The summed E-state index contributed by atoms with van der Waals surface area (Å²) >= 11 is 2.94. The number of methoxy groups -OCH3 is 1. The molecule has 0 N–H and O–H groups in total. The number of rotatable bonds is 6. The van der Waals surface area contributed by atoms with E-state index in [2.05, 4.69) is 4.99 Å². The van der Waals surface area contributed by atoms with Crippen LogP contribution in [-0.2, 0) is 6.54 Å². The zero-order valence-corrected chi connectivity index (χ0v) is 18.5. The monoisotopic (exact) mass is 453 g/mol. The molecule has 0 aliphatic rings. The number of non-ortho nitro benzene ring substituents is 1. The first-order valence-corrected chi connectivity index (χ1v) is 11.7. The zero-order valence-electron chi connectivity index (χ0n) is 16.9. The Kier molecular flexibility index (Phi) is 6.06. The molecule has 0 fully saturated rings. The number of aromatic nitrogens is 1. The minimum absolute atomic E-state index is 0.0137. The van der Waals surface area contributed by atoms with E-state index in [0.717, 1.165) is 22.0 Å². The number of benzene rings is 3. The first-order chi connectivity index (χ1) is 15.0. The smallest absolute Gasteiger partial charge is 0.283 e. The summed E-state index contributed by atoms with van der Waals surface area (Å²) in [5, 5.41) is 13.1. The molecule has 4 rings (SSSR count). The van der Waals surface area contributed by atoms with Crippen molar-refractivity contribution in [1.29, 1.82) is 0 Å². The predicted octanol–water partition coefficient (Wildman–Crippen LogP) is 4.88. The summed E-state index contributed by atoms with van der Waals surface area (Å²) in [6, 6.07) is 16.1. The van der Waals surface area contributed by atoms with Gasteiger partial charge in [-0.1, -0.05) is 35.6 Å². The fourth-order valence-corrected chi connectivity index (χ4v) is 4.81. The van der Waals surface area contributed by atoms with Crippen LogP contribution in [0.2, 0.25) is 0 Å². The molecule has 158 valence electrons. The van der Waals surface area contributed by atoms with Gasteiger partial charge in [0.25, 0.3) is 11.6 Å². The fraction of sp³-hybridized carbons (Fsp3) is 0.182. The quantitative estimate of drug-likeness (QED) is 0.307. The Labute approximate surface area is 186 Å². The molecule has 0 aliphatic carbocycles. The Hall–Kier alpha value is -3.17. The number of nitro groups is 1. The molecule has 1 heterocycles. The van der Waals surface area contributed by atoms with Gasteiger partial charge in [-0.25, -0.2) is 0 Å². The largest absolute Gasteiger partial charge is 0.496 e. The van der Waals surface area contributed by atoms with Gasteiger partial charge in [0.05, 0.1) is 27.8 Å². The van der Waals surface area contributed by atoms with Crippen LogP contribution in [0.1, 0.15) is 10.4 Å². The summed E-state index contributed by atoms with van der Waals surface area (Å²) in [6.07, 6.45) is 2.00. The molecular weight excluding hydrogens is 434 g/mol. The number of thioether (sulfide) groups is 1. The molecule has 31 heavy (non-hydrogen) atoms. The Morgan fingerprint density at radius 3 is 2.61 bits per heavy atom. The van der Waals surface area contributed by atoms with Gasteiger partial charge >= 0.3 is 0 Å². The second-order valence-corrected chi connectivity index (χ2v) is 8.75. The van der Waals surface area contributed by atoms with Crippen LogP contribution < -0.4 is 9.54 Å². The maximum atomic E-state index is 13.1. The van der Waals surface area contributed by atoms with Crippen molar-refractivity contribution in [3.05, 3.63) is 75.1 Å². The predicted molar refractivity (Wildman–Crippen MR) is 125 cm³/mol. The van der Waals surface area contributed by atoms with E-state index in [1.165, 1.54) is 30.6 Å². The van der Waals surface area contributed by atoms with Crippen molar-refractivity contribution in [2.75, 3.05) is 19.1 Å². The second kappa shape index (κ2) is 8.91. The molecule has 1 aromatic heterocycles. The third-order valence-electron chi connectivity index (χ3n) is 4.89. The molecule has 0 bridgehead atoms. The maximum absolute atomic E-state index is 13.1. The number of hydrogen-bond acceptors (Lipinski definition) is 6. The molecule has 7 nitrogen and oxygen atoms in total. The van der Waals surface area contributed by atoms with E-state index in [0.29, 0.717) is 27.4 Å². The van der Waals surface area contributed by atoms with Crippen molar-refractivity contribution in [3.63, 3.8) is 0 Å². The van der Waals surface area contributed by atoms with E-state index in [4.69, 9.17) is 4.74 Å². The number of amides is 1. The minimum Gasteiger partial charge on any atom is -0.496 e. The Morgan fingerprint density at radius 1 is 1.19 bits per heavy atom. The first kappa shape index (κ1) is 21.1. The molecule has 0 atom stereocenters. The van der Waals surface area contributed by atoms with Gasteiger partial charge in [0, 0.05) is 24.4 Å². The maximum Gasteiger partial charge on any atom is 0.283 e. The third-order valence-corrected chi connectivity index (χ3v) is 6.52. The van der Waals surface area contributed by atoms with Crippen LogP contribution in [-0.4, -0.2) is 34.5 Å². The molecule has 9 heteroatoms. The molecule has 0 saturated carbocycles. The number of aryl methyl sites for hydroxylation is 1. The number of carbonyl (C=O) groups excluding carboxylic acids is 1. The van der Waals surface area contributed by atoms with E-state index >= 15 is 0 Å². The highest BCUT2D eigenvalue weighted by molar-refractivity contribution is 7.98. The first-order valence-electron chi connectivity index (χ1n) is 9.44. The summed E-state index contributed by atoms with van der Waals surface area (Å²) < 4.78 is 8.10. The Balaban J connectivity index is 1.87. The normalized spacial score (nSPS) is 11.9. The third kappa shape index (κ3) is 4.19. The van der Waals surface area contributed by atoms with Gasteiger partial charge in [0.15, 0.2) is 4.80 Å². The number of carbonyl (C=O) groups is 1. The van der Waals surface area contributed by atoms with E-state index < -0.39 is 10.8 Å². The van der Waals surface area contributed by atoms with Gasteiger partial charge in [-0.2, -0.15) is 16.8 Å². The Morgan fingerprint density at radius 2 is 1.94 bits per heavy atom. The van der Waals surface area contributed by atoms with Crippen molar-refractivity contribution in [2.24, 2.45) is 4.99 Å². The average Bonchev–Trinajstić information content (AvgIpc) is 3.12. The van der Waals surface area contributed by atoms with Crippen molar-refractivity contribution in [1.82, 2.24) is 4.57 Å².